The highest BCUT2D eigenvalue weighted by molar-refractivity contribution is 8.19. The lowest BCUT2D eigenvalue weighted by atomic mass is 10.1. The molecule has 10 nitrogen and oxygen atoms in total. The minimum Gasteiger partial charge on any atom is -0.497 e. The molecule has 1 N–H and O–H groups in total. The highest BCUT2D eigenvalue weighted by Gasteiger charge is 2.37. The summed E-state index contributed by atoms with van der Waals surface area (Å²) < 4.78 is 32.3. The van der Waals surface area contributed by atoms with Crippen molar-refractivity contribution in [3.63, 3.8) is 0 Å². The largest absolute Gasteiger partial charge is 0.497 e. The van der Waals surface area contributed by atoms with E-state index in [9.17, 15) is 4.79 Å². The smallest absolute Gasteiger partial charge is 0.283 e. The van der Waals surface area contributed by atoms with Crippen LogP contribution in [0.1, 0.15) is 12.5 Å². The number of fused-ring (bicyclic) bond motifs is 1. The van der Waals surface area contributed by atoms with Gasteiger partial charge in [-0.05, 0) is 41.7 Å². The average molecular weight is 543 g/mol. The molecular formula is C25H26N4O6S2. The number of carbonyl (C=O) groups is 1. The molecule has 2 heterocycles. The summed E-state index contributed by atoms with van der Waals surface area (Å²) in [5.41, 5.74) is 0.731. The molecule has 37 heavy (non-hydrogen) atoms. The minimum atomic E-state index is -0.505. The van der Waals surface area contributed by atoms with Crippen molar-refractivity contribution in [1.82, 2.24) is 4.90 Å². The summed E-state index contributed by atoms with van der Waals surface area (Å²) in [6, 6.07) is 10.7. The number of amides is 1. The summed E-state index contributed by atoms with van der Waals surface area (Å²) in [7, 11) is 4.63. The van der Waals surface area contributed by atoms with Gasteiger partial charge in [0.2, 0.25) is 10.9 Å². The SMILES string of the molecule is CCSC1=NSC2=NC(=O)/C(=C\c3cc(OC)c(OCCOc4cccc(OC)c4)c(OC)c3)C(=N)N12. The maximum Gasteiger partial charge on any atom is 0.283 e. The van der Waals surface area contributed by atoms with Crippen LogP contribution in [0.2, 0.25) is 0 Å². The molecule has 1 amide bonds. The Morgan fingerprint density at radius 3 is 2.41 bits per heavy atom. The second-order valence-electron chi connectivity index (χ2n) is 7.47. The van der Waals surface area contributed by atoms with E-state index in [1.165, 1.54) is 26.0 Å². The molecule has 0 bridgehead atoms. The second kappa shape index (κ2) is 12.1. The Kier molecular flexibility index (Phi) is 8.62. The van der Waals surface area contributed by atoms with Gasteiger partial charge < -0.3 is 23.7 Å². The van der Waals surface area contributed by atoms with Crippen LogP contribution >= 0.6 is 23.7 Å². The van der Waals surface area contributed by atoms with Crippen molar-refractivity contribution < 1.29 is 28.5 Å². The zero-order valence-electron chi connectivity index (χ0n) is 20.8. The first-order chi connectivity index (χ1) is 18.0. The minimum absolute atomic E-state index is 0.0210. The van der Waals surface area contributed by atoms with Gasteiger partial charge in [-0.25, -0.2) is 4.90 Å². The molecule has 0 spiro atoms. The first kappa shape index (κ1) is 26.4. The number of benzene rings is 2. The Hall–Kier alpha value is -3.64. The van der Waals surface area contributed by atoms with Crippen LogP contribution in [0.4, 0.5) is 0 Å². The Balaban J connectivity index is 1.52. The molecule has 2 aliphatic rings. The molecular weight excluding hydrogens is 516 g/mol. The van der Waals surface area contributed by atoms with Gasteiger partial charge in [-0.15, -0.1) is 0 Å². The number of nitrogens with one attached hydrogen (secondary N) is 1. The average Bonchev–Trinajstić information content (AvgIpc) is 3.31. The molecule has 194 valence electrons. The fourth-order valence-electron chi connectivity index (χ4n) is 3.51. The Morgan fingerprint density at radius 1 is 1.03 bits per heavy atom. The van der Waals surface area contributed by atoms with E-state index in [0.717, 1.165) is 17.7 Å². The molecule has 2 aromatic carbocycles. The molecule has 0 radical (unpaired) electrons. The van der Waals surface area contributed by atoms with Gasteiger partial charge in [-0.3, -0.25) is 10.2 Å². The van der Waals surface area contributed by atoms with Crippen LogP contribution in [0.15, 0.2) is 51.4 Å². The van der Waals surface area contributed by atoms with E-state index in [-0.39, 0.29) is 24.6 Å². The number of aliphatic imine (C=N–C) groups is 1. The first-order valence-corrected chi connectivity index (χ1v) is 13.0. The highest BCUT2D eigenvalue weighted by Crippen LogP contribution is 2.40. The van der Waals surface area contributed by atoms with Crippen molar-refractivity contribution in [1.29, 1.82) is 5.41 Å². The van der Waals surface area contributed by atoms with Gasteiger partial charge in [0.05, 0.1) is 38.9 Å². The predicted octanol–water partition coefficient (Wildman–Crippen LogP) is 4.50. The van der Waals surface area contributed by atoms with Crippen molar-refractivity contribution in [2.75, 3.05) is 40.3 Å². The topological polar surface area (TPSA) is 115 Å². The van der Waals surface area contributed by atoms with Crippen LogP contribution in [0.5, 0.6) is 28.7 Å². The summed E-state index contributed by atoms with van der Waals surface area (Å²) in [5, 5.41) is 9.67. The molecule has 2 aliphatic heterocycles. The molecule has 0 saturated carbocycles. The van der Waals surface area contributed by atoms with E-state index in [4.69, 9.17) is 29.1 Å². The van der Waals surface area contributed by atoms with Crippen LogP contribution in [-0.4, -0.2) is 67.3 Å². The number of thioether (sulfide) groups is 1. The van der Waals surface area contributed by atoms with E-state index in [2.05, 4.69) is 9.39 Å². The van der Waals surface area contributed by atoms with Crippen LogP contribution < -0.4 is 23.7 Å². The number of amidine groups is 3. The Bertz CT molecular complexity index is 1270. The third-order valence-electron chi connectivity index (χ3n) is 5.20. The summed E-state index contributed by atoms with van der Waals surface area (Å²) in [6.45, 7) is 2.51. The van der Waals surface area contributed by atoms with Crippen LogP contribution in [0.25, 0.3) is 6.08 Å². The fraction of sp³-hybridized carbons (Fsp3) is 0.280. The first-order valence-electron chi connectivity index (χ1n) is 11.3. The molecule has 0 aliphatic carbocycles. The summed E-state index contributed by atoms with van der Waals surface area (Å²) in [5.74, 6) is 2.88. The predicted molar refractivity (Wildman–Crippen MR) is 147 cm³/mol. The number of hydrogen-bond acceptors (Lipinski definition) is 10. The second-order valence-corrected chi connectivity index (χ2v) is 9.43. The number of ether oxygens (including phenoxy) is 5. The summed E-state index contributed by atoms with van der Waals surface area (Å²) >= 11 is 2.58. The van der Waals surface area contributed by atoms with Gasteiger partial charge in [0.15, 0.2) is 16.7 Å². The number of rotatable bonds is 10. The molecule has 0 unspecified atom stereocenters. The van der Waals surface area contributed by atoms with Crippen molar-refractivity contribution in [2.24, 2.45) is 9.39 Å². The van der Waals surface area contributed by atoms with Crippen LogP contribution in [0.3, 0.4) is 0 Å². The Labute approximate surface area is 223 Å². The van der Waals surface area contributed by atoms with Crippen molar-refractivity contribution in [3.8, 4) is 28.7 Å². The molecule has 0 aromatic heterocycles. The van der Waals surface area contributed by atoms with Gasteiger partial charge in [-0.2, -0.15) is 9.39 Å². The lowest BCUT2D eigenvalue weighted by molar-refractivity contribution is -0.114. The fourth-order valence-corrected chi connectivity index (χ4v) is 5.08. The van der Waals surface area contributed by atoms with Crippen molar-refractivity contribution in [3.05, 3.63) is 47.5 Å². The van der Waals surface area contributed by atoms with Gasteiger partial charge in [0.25, 0.3) is 5.91 Å². The maximum absolute atomic E-state index is 12.7. The molecule has 0 atom stereocenters. The number of carbonyl (C=O) groups excluding carboxylic acids is 1. The Morgan fingerprint density at radius 2 is 1.73 bits per heavy atom. The normalized spacial score (nSPS) is 15.8. The zero-order chi connectivity index (χ0) is 26.4. The van der Waals surface area contributed by atoms with E-state index >= 15 is 0 Å². The molecule has 4 rings (SSSR count). The van der Waals surface area contributed by atoms with E-state index < -0.39 is 5.91 Å². The molecule has 0 fully saturated rings. The quantitative estimate of drug-likeness (QED) is 0.263. The number of hydrogen-bond donors (Lipinski definition) is 1. The lowest BCUT2D eigenvalue weighted by Gasteiger charge is -2.24. The van der Waals surface area contributed by atoms with E-state index in [0.29, 0.717) is 44.6 Å². The van der Waals surface area contributed by atoms with Gasteiger partial charge in [0.1, 0.15) is 30.5 Å². The molecule has 2 aromatic rings. The monoisotopic (exact) mass is 542 g/mol. The van der Waals surface area contributed by atoms with Crippen molar-refractivity contribution >= 4 is 51.9 Å². The molecule has 12 heteroatoms. The maximum atomic E-state index is 12.7. The van der Waals surface area contributed by atoms with E-state index in [1.54, 1.807) is 36.3 Å². The third kappa shape index (κ3) is 5.86. The van der Waals surface area contributed by atoms with Gasteiger partial charge in [0, 0.05) is 6.07 Å². The summed E-state index contributed by atoms with van der Waals surface area (Å²) in [4.78, 5) is 18.4. The number of nitrogens with zero attached hydrogens (tertiary/aromatic N) is 3. The van der Waals surface area contributed by atoms with Crippen molar-refractivity contribution in [2.45, 2.75) is 6.92 Å². The highest BCUT2D eigenvalue weighted by atomic mass is 32.2. The lowest BCUT2D eigenvalue weighted by Crippen LogP contribution is -2.41. The summed E-state index contributed by atoms with van der Waals surface area (Å²) in [6.07, 6.45) is 1.59. The van der Waals surface area contributed by atoms with Gasteiger partial charge in [-0.1, -0.05) is 24.8 Å². The van der Waals surface area contributed by atoms with Crippen LogP contribution in [0, 0.1) is 5.41 Å². The van der Waals surface area contributed by atoms with Crippen LogP contribution in [-0.2, 0) is 4.79 Å². The number of methoxy groups -OCH3 is 3. The third-order valence-corrected chi connectivity index (χ3v) is 6.84. The van der Waals surface area contributed by atoms with Gasteiger partial charge >= 0.3 is 0 Å². The standard InChI is InChI=1S/C25H26N4O6S2/c1-5-36-25-28-37-24-27-23(30)18(22(26)29(24)25)11-15-12-19(32-3)21(20(13-15)33-4)35-10-9-34-17-8-6-7-16(14-17)31-2/h6-8,11-14,26H,5,9-10H2,1-4H3/b18-11-,26-22?. The zero-order valence-corrected chi connectivity index (χ0v) is 22.4. The molecule has 0 saturated heterocycles. The van der Waals surface area contributed by atoms with E-state index in [1.807, 2.05) is 25.1 Å².